The summed E-state index contributed by atoms with van der Waals surface area (Å²) >= 11 is 5.88. The molecule has 3 amide bonds. The fourth-order valence-electron chi connectivity index (χ4n) is 3.05. The molecule has 0 aliphatic carbocycles. The summed E-state index contributed by atoms with van der Waals surface area (Å²) < 4.78 is 1.99. The maximum atomic E-state index is 12.8. The van der Waals surface area contributed by atoms with E-state index in [0.717, 1.165) is 16.3 Å². The average Bonchev–Trinajstić information content (AvgIpc) is 3.22. The van der Waals surface area contributed by atoms with Crippen LogP contribution in [-0.4, -0.2) is 22.2 Å². The molecule has 1 aromatic heterocycles. The number of urea groups is 1. The number of imide groups is 1. The molecule has 0 N–H and O–H groups in total. The number of aryl methyl sites for hydroxylation is 1. The van der Waals surface area contributed by atoms with E-state index < -0.39 is 11.9 Å². The topological polar surface area (TPSA) is 54.7 Å². The minimum atomic E-state index is -0.578. The molecule has 0 bridgehead atoms. The largest absolute Gasteiger partial charge is 0.355 e. The highest BCUT2D eigenvalue weighted by atomic mass is 35.5. The highest BCUT2D eigenvalue weighted by Gasteiger charge is 2.34. The molecule has 27 heavy (non-hydrogen) atoms. The molecular weight excluding hydrogens is 362 g/mol. The Kier molecular flexibility index (Phi) is 4.38. The predicted octanol–water partition coefficient (Wildman–Crippen LogP) is 4.59. The van der Waals surface area contributed by atoms with E-state index in [4.69, 9.17) is 11.6 Å². The van der Waals surface area contributed by atoms with Gasteiger partial charge in [-0.1, -0.05) is 29.3 Å². The van der Waals surface area contributed by atoms with Gasteiger partial charge in [-0.05, 0) is 55.5 Å². The van der Waals surface area contributed by atoms with Gasteiger partial charge in [-0.2, -0.15) is 4.99 Å². The molecule has 0 atom stereocenters. The third-order valence-electron chi connectivity index (χ3n) is 4.45. The van der Waals surface area contributed by atoms with Crippen LogP contribution in [0, 0.1) is 6.92 Å². The Balaban J connectivity index is 1.59. The lowest BCUT2D eigenvalue weighted by atomic mass is 10.1. The summed E-state index contributed by atoms with van der Waals surface area (Å²) in [6, 6.07) is 17.9. The van der Waals surface area contributed by atoms with E-state index in [9.17, 15) is 9.59 Å². The fourth-order valence-corrected chi connectivity index (χ4v) is 3.18. The normalized spacial score (nSPS) is 14.0. The molecule has 0 unspecified atom stereocenters. The van der Waals surface area contributed by atoms with Crippen molar-refractivity contribution in [3.05, 3.63) is 83.1 Å². The van der Waals surface area contributed by atoms with Gasteiger partial charge < -0.3 is 4.57 Å². The smallest absolute Gasteiger partial charge is 0.321 e. The maximum absolute atomic E-state index is 12.8. The lowest BCUT2D eigenvalue weighted by molar-refractivity contribution is -0.111. The summed E-state index contributed by atoms with van der Waals surface area (Å²) in [4.78, 5) is 30.1. The van der Waals surface area contributed by atoms with Crippen molar-refractivity contribution in [2.24, 2.45) is 4.99 Å². The van der Waals surface area contributed by atoms with Crippen molar-refractivity contribution in [2.45, 2.75) is 13.3 Å². The first-order chi connectivity index (χ1) is 13.0. The van der Waals surface area contributed by atoms with E-state index in [1.54, 1.807) is 24.3 Å². The third-order valence-corrected chi connectivity index (χ3v) is 4.70. The molecule has 0 radical (unpaired) electrons. The minimum Gasteiger partial charge on any atom is -0.321 e. The average molecular weight is 378 g/mol. The standard InChI is InChI=1S/C21H16ClN3O2/c1-14-4-8-16(9-5-14)24-12-2-3-18(24)13-19-20(26)25(21(27)23-19)17-10-6-15(22)7-11-17/h2-12H,13H2,1H3. The van der Waals surface area contributed by atoms with Gasteiger partial charge in [0, 0.05) is 29.0 Å². The summed E-state index contributed by atoms with van der Waals surface area (Å²) in [7, 11) is 0. The zero-order valence-corrected chi connectivity index (χ0v) is 15.3. The molecule has 3 aromatic rings. The quantitative estimate of drug-likeness (QED) is 0.667. The first-order valence-corrected chi connectivity index (χ1v) is 8.85. The van der Waals surface area contributed by atoms with Crippen molar-refractivity contribution in [1.29, 1.82) is 0 Å². The van der Waals surface area contributed by atoms with Crippen LogP contribution in [0.3, 0.4) is 0 Å². The number of aliphatic imine (C=N–C) groups is 1. The molecule has 0 spiro atoms. The van der Waals surface area contributed by atoms with Crippen LogP contribution < -0.4 is 4.90 Å². The Morgan fingerprint density at radius 1 is 0.926 bits per heavy atom. The third kappa shape index (κ3) is 3.29. The van der Waals surface area contributed by atoms with Gasteiger partial charge in [0.25, 0.3) is 5.91 Å². The van der Waals surface area contributed by atoms with Gasteiger partial charge in [0.15, 0.2) is 0 Å². The number of hydrogen-bond donors (Lipinski definition) is 0. The van der Waals surface area contributed by atoms with Gasteiger partial charge in [0.2, 0.25) is 0 Å². The molecule has 2 heterocycles. The Morgan fingerprint density at radius 3 is 2.30 bits per heavy atom. The minimum absolute atomic E-state index is 0.224. The van der Waals surface area contributed by atoms with E-state index in [0.29, 0.717) is 10.7 Å². The number of nitrogens with zero attached hydrogens (tertiary/aromatic N) is 3. The van der Waals surface area contributed by atoms with Crippen LogP contribution >= 0.6 is 11.6 Å². The number of hydrogen-bond acceptors (Lipinski definition) is 2. The van der Waals surface area contributed by atoms with E-state index in [1.165, 1.54) is 5.56 Å². The van der Waals surface area contributed by atoms with Crippen molar-refractivity contribution < 1.29 is 9.59 Å². The molecule has 1 aliphatic rings. The second-order valence-electron chi connectivity index (χ2n) is 6.34. The zero-order valence-electron chi connectivity index (χ0n) is 14.6. The van der Waals surface area contributed by atoms with Crippen LogP contribution in [0.5, 0.6) is 0 Å². The monoisotopic (exact) mass is 377 g/mol. The van der Waals surface area contributed by atoms with Gasteiger partial charge >= 0.3 is 6.03 Å². The number of amides is 3. The van der Waals surface area contributed by atoms with Crippen LogP contribution in [-0.2, 0) is 11.2 Å². The summed E-state index contributed by atoms with van der Waals surface area (Å²) in [5.41, 5.74) is 3.74. The van der Waals surface area contributed by atoms with E-state index in [2.05, 4.69) is 4.99 Å². The number of halogens is 1. The predicted molar refractivity (Wildman–Crippen MR) is 106 cm³/mol. The lowest BCUT2D eigenvalue weighted by Gasteiger charge is -2.13. The maximum Gasteiger partial charge on any atom is 0.355 e. The fraction of sp³-hybridized carbons (Fsp3) is 0.0952. The molecule has 4 rings (SSSR count). The number of aromatic nitrogens is 1. The summed E-state index contributed by atoms with van der Waals surface area (Å²) in [6.45, 7) is 2.03. The zero-order chi connectivity index (χ0) is 19.0. The number of benzene rings is 2. The second-order valence-corrected chi connectivity index (χ2v) is 6.78. The molecule has 2 aromatic carbocycles. The lowest BCUT2D eigenvalue weighted by Crippen LogP contribution is -2.33. The molecule has 134 valence electrons. The summed E-state index contributed by atoms with van der Waals surface area (Å²) in [5, 5.41) is 0.537. The highest BCUT2D eigenvalue weighted by Crippen LogP contribution is 2.23. The molecule has 6 heteroatoms. The Labute approximate surface area is 161 Å². The molecule has 0 saturated carbocycles. The van der Waals surface area contributed by atoms with Gasteiger partial charge in [0.1, 0.15) is 5.71 Å². The van der Waals surface area contributed by atoms with E-state index >= 15 is 0 Å². The summed E-state index contributed by atoms with van der Waals surface area (Å²) in [6.07, 6.45) is 2.20. The van der Waals surface area contributed by atoms with Gasteiger partial charge in [-0.15, -0.1) is 0 Å². The molecular formula is C21H16ClN3O2. The highest BCUT2D eigenvalue weighted by molar-refractivity contribution is 6.54. The van der Waals surface area contributed by atoms with Crippen molar-refractivity contribution in [1.82, 2.24) is 4.57 Å². The van der Waals surface area contributed by atoms with Gasteiger partial charge in [-0.3, -0.25) is 4.79 Å². The van der Waals surface area contributed by atoms with E-state index in [-0.39, 0.29) is 12.1 Å². The van der Waals surface area contributed by atoms with E-state index in [1.807, 2.05) is 54.1 Å². The number of carbonyl (C=O) groups excluding carboxylic acids is 2. The molecule has 1 aliphatic heterocycles. The van der Waals surface area contributed by atoms with Gasteiger partial charge in [-0.25, -0.2) is 9.69 Å². The van der Waals surface area contributed by atoms with Crippen LogP contribution in [0.2, 0.25) is 5.02 Å². The molecule has 5 nitrogen and oxygen atoms in total. The SMILES string of the molecule is Cc1ccc(-n2cccc2CC2=NC(=O)N(c3ccc(Cl)cc3)C2=O)cc1. The number of rotatable bonds is 4. The Hall–Kier alpha value is -3.18. The van der Waals surface area contributed by atoms with Crippen molar-refractivity contribution in [2.75, 3.05) is 4.90 Å². The van der Waals surface area contributed by atoms with Crippen LogP contribution in [0.4, 0.5) is 10.5 Å². The number of anilines is 1. The van der Waals surface area contributed by atoms with Gasteiger partial charge in [0.05, 0.1) is 5.69 Å². The Bertz CT molecular complexity index is 1050. The van der Waals surface area contributed by atoms with Crippen molar-refractivity contribution in [3.8, 4) is 5.69 Å². The second kappa shape index (κ2) is 6.85. The van der Waals surface area contributed by atoms with Crippen LogP contribution in [0.15, 0.2) is 71.9 Å². The van der Waals surface area contributed by atoms with Crippen molar-refractivity contribution in [3.63, 3.8) is 0 Å². The summed E-state index contributed by atoms with van der Waals surface area (Å²) in [5.74, 6) is -0.404. The first kappa shape index (κ1) is 17.2. The first-order valence-electron chi connectivity index (χ1n) is 8.48. The molecule has 0 fully saturated rings. The van der Waals surface area contributed by atoms with Crippen LogP contribution in [0.25, 0.3) is 5.69 Å². The Morgan fingerprint density at radius 2 is 1.59 bits per heavy atom. The van der Waals surface area contributed by atoms with Crippen molar-refractivity contribution >= 4 is 34.9 Å². The van der Waals surface area contributed by atoms with Crippen LogP contribution in [0.1, 0.15) is 11.3 Å². The molecule has 0 saturated heterocycles. The number of carbonyl (C=O) groups is 2.